The molecule has 58 heavy (non-hydrogen) atoms. The number of aromatic nitrogens is 2. The minimum Gasteiger partial charge on any atom is -0.456 e. The highest BCUT2D eigenvalue weighted by Crippen LogP contribution is 2.42. The molecule has 0 atom stereocenters. The van der Waals surface area contributed by atoms with Crippen LogP contribution in [-0.2, 0) is 4.79 Å². The van der Waals surface area contributed by atoms with E-state index in [0.29, 0.717) is 23.2 Å². The predicted molar refractivity (Wildman–Crippen MR) is 233 cm³/mol. The standard InChI is InChI=1S/C51H30N2O5/c1-29-22-45-38(25-36(29)34-12-4-8-16-47(34)56-28-54)32-10-2-6-14-43(32)52(45)30-18-20-49-40(23-30)41-24-31(19-21-50(41)57-49)53-44-15-7-3-11-33(44)39-26-37-35-13-5-9-17-48(35)58-51(55)42(37)27-46(39)53/h2-28H,1H3. The van der Waals surface area contributed by atoms with Crippen LogP contribution < -0.4 is 10.4 Å². The average molecular weight is 751 g/mol. The molecule has 0 amide bonds. The molecular weight excluding hydrogens is 721 g/mol. The van der Waals surface area contributed by atoms with Crippen molar-refractivity contribution in [2.45, 2.75) is 6.92 Å². The lowest BCUT2D eigenvalue weighted by molar-refractivity contribution is -0.120. The van der Waals surface area contributed by atoms with E-state index in [4.69, 9.17) is 13.6 Å². The van der Waals surface area contributed by atoms with Crippen LogP contribution in [0.15, 0.2) is 171 Å². The van der Waals surface area contributed by atoms with Gasteiger partial charge in [-0.15, -0.1) is 0 Å². The van der Waals surface area contributed by atoms with E-state index in [0.717, 1.165) is 104 Å². The number of carbonyl (C=O) groups excluding carboxylic acids is 1. The van der Waals surface area contributed by atoms with Crippen LogP contribution in [0.3, 0.4) is 0 Å². The van der Waals surface area contributed by atoms with Gasteiger partial charge in [0.2, 0.25) is 0 Å². The Morgan fingerprint density at radius 2 is 1.02 bits per heavy atom. The van der Waals surface area contributed by atoms with Gasteiger partial charge in [0.05, 0.1) is 27.5 Å². The highest BCUT2D eigenvalue weighted by atomic mass is 16.5. The van der Waals surface area contributed by atoms with Crippen LogP contribution in [0.2, 0.25) is 0 Å². The molecule has 0 saturated carbocycles. The summed E-state index contributed by atoms with van der Waals surface area (Å²) in [7, 11) is 0. The first kappa shape index (κ1) is 32.4. The molecule has 0 aliphatic carbocycles. The number of carbonyl (C=O) groups is 1. The van der Waals surface area contributed by atoms with E-state index in [1.54, 1.807) is 0 Å². The van der Waals surface area contributed by atoms with Gasteiger partial charge in [0.1, 0.15) is 22.5 Å². The van der Waals surface area contributed by atoms with Crippen LogP contribution in [-0.4, -0.2) is 15.6 Å². The van der Waals surface area contributed by atoms with E-state index in [1.165, 1.54) is 0 Å². The Bertz CT molecular complexity index is 3790. The summed E-state index contributed by atoms with van der Waals surface area (Å²) < 4.78 is 22.2. The van der Waals surface area contributed by atoms with Crippen LogP contribution in [0, 0.1) is 6.92 Å². The van der Waals surface area contributed by atoms with Crippen molar-refractivity contribution >= 4 is 93.8 Å². The number of rotatable bonds is 5. The summed E-state index contributed by atoms with van der Waals surface area (Å²) in [6, 6.07) is 53.3. The fourth-order valence-electron chi connectivity index (χ4n) is 9.18. The van der Waals surface area contributed by atoms with Gasteiger partial charge in [0, 0.05) is 60.0 Å². The molecule has 12 rings (SSSR count). The fourth-order valence-corrected chi connectivity index (χ4v) is 9.18. The number of aryl methyl sites for hydroxylation is 1. The third kappa shape index (κ3) is 4.55. The molecule has 274 valence electrons. The molecule has 0 bridgehead atoms. The zero-order chi connectivity index (χ0) is 38.6. The molecule has 7 heteroatoms. The molecule has 4 aromatic heterocycles. The first-order valence-electron chi connectivity index (χ1n) is 19.1. The molecule has 0 N–H and O–H groups in total. The van der Waals surface area contributed by atoms with E-state index >= 15 is 0 Å². The van der Waals surface area contributed by atoms with Crippen molar-refractivity contribution in [3.63, 3.8) is 0 Å². The molecule has 0 aliphatic rings. The molecule has 0 spiro atoms. The van der Waals surface area contributed by atoms with Gasteiger partial charge in [0.25, 0.3) is 6.47 Å². The van der Waals surface area contributed by atoms with Crippen LogP contribution in [0.4, 0.5) is 0 Å². The second-order valence-corrected chi connectivity index (χ2v) is 14.9. The molecule has 4 heterocycles. The predicted octanol–water partition coefficient (Wildman–Crippen LogP) is 12.6. The maximum absolute atomic E-state index is 13.4. The summed E-state index contributed by atoms with van der Waals surface area (Å²) in [5.74, 6) is 0.522. The Kier molecular flexibility index (Phi) is 6.72. The summed E-state index contributed by atoms with van der Waals surface area (Å²) in [5, 5.41) is 8.67. The zero-order valence-electron chi connectivity index (χ0n) is 31.0. The minimum atomic E-state index is -0.357. The lowest BCUT2D eigenvalue weighted by atomic mass is 9.97. The largest absolute Gasteiger partial charge is 0.456 e. The Morgan fingerprint density at radius 3 is 1.71 bits per heavy atom. The number of para-hydroxylation sites is 4. The molecule has 7 nitrogen and oxygen atoms in total. The highest BCUT2D eigenvalue weighted by molar-refractivity contribution is 6.18. The summed E-state index contributed by atoms with van der Waals surface area (Å²) in [6.45, 7) is 2.57. The van der Waals surface area contributed by atoms with E-state index in [2.05, 4.69) is 107 Å². The number of nitrogens with zero attached hydrogens (tertiary/aromatic N) is 2. The van der Waals surface area contributed by atoms with Crippen LogP contribution in [0.25, 0.3) is 110 Å². The van der Waals surface area contributed by atoms with E-state index in [9.17, 15) is 9.59 Å². The SMILES string of the molecule is Cc1cc2c(cc1-c1ccccc1OC=O)c1ccccc1n2-c1ccc2oc3ccc(-n4c5ccccc5c5cc6c(cc54)c(=O)oc4ccccc46)cc3c2c1. The van der Waals surface area contributed by atoms with Crippen LogP contribution >= 0.6 is 0 Å². The van der Waals surface area contributed by atoms with E-state index in [-0.39, 0.29) is 5.63 Å². The summed E-state index contributed by atoms with van der Waals surface area (Å²) in [5.41, 5.74) is 10.8. The van der Waals surface area contributed by atoms with Crippen molar-refractivity contribution in [3.8, 4) is 28.3 Å². The van der Waals surface area contributed by atoms with Crippen molar-refractivity contribution in [3.05, 3.63) is 174 Å². The van der Waals surface area contributed by atoms with Crippen molar-refractivity contribution in [2.24, 2.45) is 0 Å². The van der Waals surface area contributed by atoms with Gasteiger partial charge >= 0.3 is 5.63 Å². The minimum absolute atomic E-state index is 0.357. The van der Waals surface area contributed by atoms with Crippen molar-refractivity contribution in [2.75, 3.05) is 0 Å². The number of ether oxygens (including phenoxy) is 1. The Labute approximate surface area is 329 Å². The van der Waals surface area contributed by atoms with Gasteiger partial charge in [-0.2, -0.15) is 0 Å². The molecule has 0 aliphatic heterocycles. The lowest BCUT2D eigenvalue weighted by Crippen LogP contribution is -2.00. The van der Waals surface area contributed by atoms with E-state index < -0.39 is 0 Å². The van der Waals surface area contributed by atoms with Crippen molar-refractivity contribution in [1.82, 2.24) is 9.13 Å². The fraction of sp³-hybridized carbons (Fsp3) is 0.0196. The smallest absolute Gasteiger partial charge is 0.344 e. The number of benzene rings is 8. The highest BCUT2D eigenvalue weighted by Gasteiger charge is 2.20. The number of fused-ring (bicyclic) bond motifs is 12. The molecule has 0 saturated heterocycles. The van der Waals surface area contributed by atoms with Gasteiger partial charge in [-0.1, -0.05) is 72.8 Å². The van der Waals surface area contributed by atoms with Gasteiger partial charge in [-0.3, -0.25) is 4.79 Å². The summed E-state index contributed by atoms with van der Waals surface area (Å²) >= 11 is 0. The van der Waals surface area contributed by atoms with Gasteiger partial charge in [-0.05, 0) is 103 Å². The molecular formula is C51H30N2O5. The maximum Gasteiger partial charge on any atom is 0.344 e. The maximum atomic E-state index is 13.4. The van der Waals surface area contributed by atoms with E-state index in [1.807, 2.05) is 66.7 Å². The van der Waals surface area contributed by atoms with Gasteiger partial charge in [0.15, 0.2) is 0 Å². The quantitative estimate of drug-likeness (QED) is 0.0994. The lowest BCUT2D eigenvalue weighted by Gasteiger charge is -2.12. The second-order valence-electron chi connectivity index (χ2n) is 14.9. The average Bonchev–Trinajstić information content (AvgIpc) is 3.89. The summed E-state index contributed by atoms with van der Waals surface area (Å²) in [4.78, 5) is 24.8. The van der Waals surface area contributed by atoms with Gasteiger partial charge in [-0.25, -0.2) is 4.79 Å². The normalized spacial score (nSPS) is 12.0. The Morgan fingerprint density at radius 1 is 0.448 bits per heavy atom. The molecule has 0 radical (unpaired) electrons. The number of hydrogen-bond donors (Lipinski definition) is 0. The topological polar surface area (TPSA) is 79.5 Å². The second kappa shape index (κ2) is 12.0. The Hall–Kier alpha value is -7.90. The molecule has 0 fully saturated rings. The number of furan rings is 1. The van der Waals surface area contributed by atoms with Gasteiger partial charge < -0.3 is 22.7 Å². The molecule has 12 aromatic rings. The first-order valence-corrected chi connectivity index (χ1v) is 19.1. The summed E-state index contributed by atoms with van der Waals surface area (Å²) in [6.07, 6.45) is 0. The first-order chi connectivity index (χ1) is 28.5. The molecule has 0 unspecified atom stereocenters. The van der Waals surface area contributed by atoms with Crippen molar-refractivity contribution in [1.29, 1.82) is 0 Å². The van der Waals surface area contributed by atoms with Crippen molar-refractivity contribution < 1.29 is 18.4 Å². The van der Waals surface area contributed by atoms with Crippen LogP contribution in [0.1, 0.15) is 5.56 Å². The third-order valence-corrected chi connectivity index (χ3v) is 11.7. The zero-order valence-corrected chi connectivity index (χ0v) is 31.0. The van der Waals surface area contributed by atoms with Crippen LogP contribution in [0.5, 0.6) is 5.75 Å². The monoisotopic (exact) mass is 750 g/mol. The molecule has 8 aromatic carbocycles. The number of hydrogen-bond acceptors (Lipinski definition) is 5. The Balaban J connectivity index is 1.07. The third-order valence-electron chi connectivity index (χ3n) is 11.7.